The lowest BCUT2D eigenvalue weighted by Crippen LogP contribution is -2.18. The summed E-state index contributed by atoms with van der Waals surface area (Å²) in [5.74, 6) is 0.337. The molecule has 0 unspecified atom stereocenters. The highest BCUT2D eigenvalue weighted by Gasteiger charge is 2.23. The van der Waals surface area contributed by atoms with Gasteiger partial charge in [-0.3, -0.25) is 4.79 Å². The maximum Gasteiger partial charge on any atom is 0.272 e. The van der Waals surface area contributed by atoms with Gasteiger partial charge in [0.25, 0.3) is 5.91 Å². The first kappa shape index (κ1) is 13.4. The van der Waals surface area contributed by atoms with E-state index < -0.39 is 6.10 Å². The van der Waals surface area contributed by atoms with Crippen LogP contribution in [-0.2, 0) is 0 Å². The molecule has 0 saturated heterocycles. The van der Waals surface area contributed by atoms with Crippen LogP contribution in [0.2, 0.25) is 0 Å². The van der Waals surface area contributed by atoms with Crippen molar-refractivity contribution >= 4 is 33.1 Å². The van der Waals surface area contributed by atoms with E-state index in [-0.39, 0.29) is 5.91 Å². The van der Waals surface area contributed by atoms with Gasteiger partial charge in [-0.1, -0.05) is 12.1 Å². The van der Waals surface area contributed by atoms with Crippen LogP contribution in [0.25, 0.3) is 10.2 Å². The number of carbonyl (C=O) groups is 1. The zero-order valence-electron chi connectivity index (χ0n) is 11.6. The van der Waals surface area contributed by atoms with Crippen LogP contribution in [0.4, 0.5) is 5.69 Å². The zero-order chi connectivity index (χ0) is 15.1. The van der Waals surface area contributed by atoms with Crippen LogP contribution < -0.4 is 10.1 Å². The molecule has 3 N–H and O–H groups in total. The summed E-state index contributed by atoms with van der Waals surface area (Å²) in [5, 5.41) is 14.8. The monoisotopic (exact) mass is 314 g/mol. The van der Waals surface area contributed by atoms with Gasteiger partial charge >= 0.3 is 0 Å². The summed E-state index contributed by atoms with van der Waals surface area (Å²) in [4.78, 5) is 15.5. The molecule has 1 aliphatic heterocycles. The van der Waals surface area contributed by atoms with Gasteiger partial charge in [0, 0.05) is 12.0 Å². The second-order valence-electron chi connectivity index (χ2n) is 5.21. The number of nitrogens with one attached hydrogen (secondary N) is 2. The van der Waals surface area contributed by atoms with Crippen molar-refractivity contribution in [2.24, 2.45) is 0 Å². The fourth-order valence-electron chi connectivity index (χ4n) is 2.67. The number of aromatic amines is 1. The number of amides is 1. The average Bonchev–Trinajstić information content (AvgIpc) is 3.09. The highest BCUT2D eigenvalue weighted by atomic mass is 32.1. The van der Waals surface area contributed by atoms with Crippen molar-refractivity contribution in [3.63, 3.8) is 0 Å². The van der Waals surface area contributed by atoms with Crippen molar-refractivity contribution < 1.29 is 14.6 Å². The SMILES string of the molecule is O=C(Nc1cccc2c1OCC[C@H]2O)c1cc2sccc2[nH]1. The van der Waals surface area contributed by atoms with E-state index >= 15 is 0 Å². The Morgan fingerprint density at radius 2 is 2.32 bits per heavy atom. The smallest absolute Gasteiger partial charge is 0.272 e. The second kappa shape index (κ2) is 5.15. The number of H-pyrrole nitrogens is 1. The number of carbonyl (C=O) groups excluding carboxylic acids is 1. The quantitative estimate of drug-likeness (QED) is 0.679. The number of anilines is 1. The Morgan fingerprint density at radius 1 is 1.41 bits per heavy atom. The molecule has 0 saturated carbocycles. The lowest BCUT2D eigenvalue weighted by molar-refractivity contribution is 0.101. The minimum Gasteiger partial charge on any atom is -0.491 e. The Bertz CT molecular complexity index is 824. The van der Waals surface area contributed by atoms with Crippen LogP contribution in [0.3, 0.4) is 0 Å². The molecule has 112 valence electrons. The number of hydrogen-bond acceptors (Lipinski definition) is 4. The van der Waals surface area contributed by atoms with Gasteiger partial charge in [-0.25, -0.2) is 0 Å². The first-order chi connectivity index (χ1) is 10.7. The average molecular weight is 314 g/mol. The molecule has 2 aromatic heterocycles. The Hall–Kier alpha value is -2.31. The highest BCUT2D eigenvalue weighted by Crippen LogP contribution is 2.38. The molecule has 1 amide bonds. The fraction of sp³-hybridized carbons (Fsp3) is 0.188. The summed E-state index contributed by atoms with van der Waals surface area (Å²) in [7, 11) is 0. The molecular weight excluding hydrogens is 300 g/mol. The lowest BCUT2D eigenvalue weighted by Gasteiger charge is -2.24. The first-order valence-corrected chi connectivity index (χ1v) is 7.91. The molecule has 1 aromatic carbocycles. The molecule has 0 aliphatic carbocycles. The van der Waals surface area contributed by atoms with Crippen LogP contribution >= 0.6 is 11.3 Å². The molecule has 4 rings (SSSR count). The van der Waals surface area contributed by atoms with Crippen molar-refractivity contribution in [1.82, 2.24) is 4.98 Å². The van der Waals surface area contributed by atoms with Gasteiger partial charge in [0.2, 0.25) is 0 Å². The Labute approximate surface area is 130 Å². The van der Waals surface area contributed by atoms with E-state index in [1.807, 2.05) is 23.6 Å². The van der Waals surface area contributed by atoms with E-state index in [0.717, 1.165) is 15.8 Å². The summed E-state index contributed by atoms with van der Waals surface area (Å²) < 4.78 is 6.67. The number of aromatic nitrogens is 1. The van der Waals surface area contributed by atoms with E-state index in [1.54, 1.807) is 23.5 Å². The number of para-hydroxylation sites is 1. The van der Waals surface area contributed by atoms with E-state index in [9.17, 15) is 9.90 Å². The predicted molar refractivity (Wildman–Crippen MR) is 85.6 cm³/mol. The second-order valence-corrected chi connectivity index (χ2v) is 6.16. The van der Waals surface area contributed by atoms with E-state index in [4.69, 9.17) is 4.74 Å². The van der Waals surface area contributed by atoms with Gasteiger partial charge in [-0.15, -0.1) is 11.3 Å². The van der Waals surface area contributed by atoms with Crippen LogP contribution in [0, 0.1) is 0 Å². The van der Waals surface area contributed by atoms with Gasteiger partial charge in [0.15, 0.2) is 0 Å². The third-order valence-corrected chi connectivity index (χ3v) is 4.64. The minimum absolute atomic E-state index is 0.222. The van der Waals surface area contributed by atoms with E-state index in [0.29, 0.717) is 30.2 Å². The first-order valence-electron chi connectivity index (χ1n) is 7.04. The molecule has 0 fully saturated rings. The Morgan fingerprint density at radius 3 is 3.18 bits per heavy atom. The Balaban J connectivity index is 1.64. The summed E-state index contributed by atoms with van der Waals surface area (Å²) in [6.45, 7) is 0.444. The fourth-order valence-corrected chi connectivity index (χ4v) is 3.45. The zero-order valence-corrected chi connectivity index (χ0v) is 12.4. The van der Waals surface area contributed by atoms with Gasteiger partial charge in [-0.05, 0) is 23.6 Å². The topological polar surface area (TPSA) is 74.3 Å². The number of rotatable bonds is 2. The molecule has 0 bridgehead atoms. The largest absolute Gasteiger partial charge is 0.491 e. The van der Waals surface area contributed by atoms with Gasteiger partial charge in [0.1, 0.15) is 11.4 Å². The molecule has 0 radical (unpaired) electrons. The van der Waals surface area contributed by atoms with Crippen LogP contribution in [0.1, 0.15) is 28.6 Å². The van der Waals surface area contributed by atoms with Gasteiger partial charge in [0.05, 0.1) is 28.6 Å². The van der Waals surface area contributed by atoms with E-state index in [1.165, 1.54) is 0 Å². The van der Waals surface area contributed by atoms with Crippen molar-refractivity contribution in [2.75, 3.05) is 11.9 Å². The van der Waals surface area contributed by atoms with Crippen molar-refractivity contribution in [3.05, 3.63) is 47.0 Å². The summed E-state index contributed by atoms with van der Waals surface area (Å²) in [6, 6.07) is 9.18. The predicted octanol–water partition coefficient (Wildman–Crippen LogP) is 3.30. The normalized spacial score (nSPS) is 17.0. The minimum atomic E-state index is -0.545. The molecule has 1 aliphatic rings. The standard InChI is InChI=1S/C16H14N2O3S/c19-13-4-6-21-15-9(13)2-1-3-11(15)18-16(20)12-8-14-10(17-12)5-7-22-14/h1-3,5,7-8,13,17,19H,4,6H2,(H,18,20)/t13-/m1/s1. The number of hydrogen-bond donors (Lipinski definition) is 3. The molecule has 1 atom stereocenters. The maximum absolute atomic E-state index is 12.4. The third-order valence-electron chi connectivity index (χ3n) is 3.77. The summed E-state index contributed by atoms with van der Waals surface area (Å²) in [6.07, 6.45) is 0.0218. The lowest BCUT2D eigenvalue weighted by atomic mass is 10.0. The van der Waals surface area contributed by atoms with Crippen molar-refractivity contribution in [1.29, 1.82) is 0 Å². The molecule has 22 heavy (non-hydrogen) atoms. The maximum atomic E-state index is 12.4. The van der Waals surface area contributed by atoms with Crippen molar-refractivity contribution in [3.8, 4) is 5.75 Å². The molecule has 0 spiro atoms. The molecule has 3 aromatic rings. The number of aliphatic hydroxyl groups is 1. The number of ether oxygens (including phenoxy) is 1. The number of thiophene rings is 1. The third kappa shape index (κ3) is 2.17. The molecule has 3 heterocycles. The number of fused-ring (bicyclic) bond motifs is 2. The van der Waals surface area contributed by atoms with Crippen LogP contribution in [0.15, 0.2) is 35.7 Å². The summed E-state index contributed by atoms with van der Waals surface area (Å²) >= 11 is 1.59. The highest BCUT2D eigenvalue weighted by molar-refractivity contribution is 7.17. The van der Waals surface area contributed by atoms with Gasteiger partial charge in [-0.2, -0.15) is 0 Å². The van der Waals surface area contributed by atoms with Gasteiger partial charge < -0.3 is 20.1 Å². The summed E-state index contributed by atoms with van der Waals surface area (Å²) in [5.41, 5.74) is 2.77. The Kier molecular flexibility index (Phi) is 3.13. The van der Waals surface area contributed by atoms with Crippen molar-refractivity contribution in [2.45, 2.75) is 12.5 Å². The molecule has 5 nitrogen and oxygen atoms in total. The molecular formula is C16H14N2O3S. The van der Waals surface area contributed by atoms with Crippen LogP contribution in [-0.4, -0.2) is 22.6 Å². The van der Waals surface area contributed by atoms with Crippen LogP contribution in [0.5, 0.6) is 5.75 Å². The number of aliphatic hydroxyl groups excluding tert-OH is 1. The van der Waals surface area contributed by atoms with E-state index in [2.05, 4.69) is 10.3 Å². The number of benzene rings is 1. The molecule has 6 heteroatoms.